The molecule has 0 spiro atoms. The van der Waals surface area contributed by atoms with Gasteiger partial charge in [-0.2, -0.15) is 0 Å². The topological polar surface area (TPSA) is 43.0 Å². The van der Waals surface area contributed by atoms with Crippen molar-refractivity contribution in [3.63, 3.8) is 0 Å². The fourth-order valence-electron chi connectivity index (χ4n) is 3.54. The van der Waals surface area contributed by atoms with Crippen LogP contribution in [0.5, 0.6) is 17.2 Å². The third-order valence-corrected chi connectivity index (χ3v) is 4.77. The number of hydrogen-bond acceptors (Lipinski definition) is 5. The Balaban J connectivity index is 2.10. The molecule has 1 unspecified atom stereocenters. The van der Waals surface area contributed by atoms with Crippen LogP contribution in [0, 0.1) is 0 Å². The number of nitrogens with one attached hydrogen (secondary N) is 1. The number of nitrogens with zero attached hydrogens (tertiary/aromatic N) is 1. The lowest BCUT2D eigenvalue weighted by molar-refractivity contribution is 0.191. The summed E-state index contributed by atoms with van der Waals surface area (Å²) < 4.78 is 17.0. The maximum atomic E-state index is 5.94. The Morgan fingerprint density at radius 3 is 2.38 bits per heavy atom. The second-order valence-corrected chi connectivity index (χ2v) is 6.27. The first kappa shape index (κ1) is 18.5. The average Bonchev–Trinajstić information content (AvgIpc) is 2.70. The van der Waals surface area contributed by atoms with E-state index in [4.69, 9.17) is 14.2 Å². The van der Waals surface area contributed by atoms with Gasteiger partial charge in [-0.05, 0) is 25.1 Å². The lowest BCUT2D eigenvalue weighted by atomic mass is 9.94. The van der Waals surface area contributed by atoms with Crippen molar-refractivity contribution < 1.29 is 14.2 Å². The molecule has 0 aromatic heterocycles. The molecule has 1 aliphatic heterocycles. The Bertz CT molecular complexity index is 714. The Labute approximate surface area is 155 Å². The molecule has 1 aliphatic rings. The Morgan fingerprint density at radius 2 is 1.69 bits per heavy atom. The van der Waals surface area contributed by atoms with Crippen molar-refractivity contribution in [2.24, 2.45) is 0 Å². The van der Waals surface area contributed by atoms with Crippen molar-refractivity contribution in [2.75, 3.05) is 47.0 Å². The third-order valence-electron chi connectivity index (χ3n) is 4.77. The summed E-state index contributed by atoms with van der Waals surface area (Å²) in [5.74, 6) is 2.55. The molecule has 0 radical (unpaired) electrons. The molecule has 26 heavy (non-hydrogen) atoms. The Kier molecular flexibility index (Phi) is 6.36. The maximum Gasteiger partial charge on any atom is 0.127 e. The Morgan fingerprint density at radius 1 is 0.962 bits per heavy atom. The van der Waals surface area contributed by atoms with E-state index < -0.39 is 0 Å². The molecule has 2 aromatic rings. The van der Waals surface area contributed by atoms with Gasteiger partial charge in [-0.1, -0.05) is 18.2 Å². The minimum absolute atomic E-state index is 0.0701. The minimum Gasteiger partial charge on any atom is -0.497 e. The highest BCUT2D eigenvalue weighted by Gasteiger charge is 2.29. The van der Waals surface area contributed by atoms with E-state index in [1.165, 1.54) is 5.56 Å². The standard InChI is InChI=1S/C21H28N2O3/c1-4-26-19-8-6-5-7-17(19)21(23-13-11-22-12-14-23)18-10-9-16(24-2)15-20(18)25-3/h5-10,15,21-22H,4,11-14H2,1-3H3. The molecule has 5 heteroatoms. The molecular weight excluding hydrogens is 328 g/mol. The van der Waals surface area contributed by atoms with E-state index in [9.17, 15) is 0 Å². The predicted octanol–water partition coefficient (Wildman–Crippen LogP) is 3.10. The molecule has 0 aliphatic carbocycles. The highest BCUT2D eigenvalue weighted by Crippen LogP contribution is 2.40. The summed E-state index contributed by atoms with van der Waals surface area (Å²) in [5, 5.41) is 3.43. The van der Waals surface area contributed by atoms with Gasteiger partial charge >= 0.3 is 0 Å². The van der Waals surface area contributed by atoms with Crippen LogP contribution < -0.4 is 19.5 Å². The number of hydrogen-bond donors (Lipinski definition) is 1. The summed E-state index contributed by atoms with van der Waals surface area (Å²) in [6, 6.07) is 14.4. The van der Waals surface area contributed by atoms with Crippen LogP contribution in [0.15, 0.2) is 42.5 Å². The van der Waals surface area contributed by atoms with Crippen LogP contribution in [0.25, 0.3) is 0 Å². The lowest BCUT2D eigenvalue weighted by Gasteiger charge is -2.36. The van der Waals surface area contributed by atoms with Crippen LogP contribution in [0.3, 0.4) is 0 Å². The number of piperazine rings is 1. The smallest absolute Gasteiger partial charge is 0.127 e. The number of rotatable bonds is 7. The average molecular weight is 356 g/mol. The number of benzene rings is 2. The van der Waals surface area contributed by atoms with Crippen molar-refractivity contribution >= 4 is 0 Å². The van der Waals surface area contributed by atoms with Crippen molar-refractivity contribution in [2.45, 2.75) is 13.0 Å². The van der Waals surface area contributed by atoms with Crippen LogP contribution in [0.4, 0.5) is 0 Å². The first-order valence-corrected chi connectivity index (χ1v) is 9.17. The molecule has 5 nitrogen and oxygen atoms in total. The summed E-state index contributed by atoms with van der Waals surface area (Å²) in [5.41, 5.74) is 2.29. The van der Waals surface area contributed by atoms with Gasteiger partial charge in [0, 0.05) is 43.4 Å². The minimum atomic E-state index is 0.0701. The second kappa shape index (κ2) is 8.92. The fourth-order valence-corrected chi connectivity index (χ4v) is 3.54. The zero-order chi connectivity index (χ0) is 18.4. The van der Waals surface area contributed by atoms with Crippen molar-refractivity contribution in [3.05, 3.63) is 53.6 Å². The van der Waals surface area contributed by atoms with Gasteiger partial charge in [0.25, 0.3) is 0 Å². The third kappa shape index (κ3) is 3.94. The van der Waals surface area contributed by atoms with E-state index in [2.05, 4.69) is 28.4 Å². The van der Waals surface area contributed by atoms with E-state index in [1.54, 1.807) is 14.2 Å². The molecule has 1 saturated heterocycles. The number of methoxy groups -OCH3 is 2. The summed E-state index contributed by atoms with van der Waals surface area (Å²) in [6.07, 6.45) is 0. The monoisotopic (exact) mass is 356 g/mol. The van der Waals surface area contributed by atoms with Gasteiger partial charge in [0.2, 0.25) is 0 Å². The molecule has 2 aromatic carbocycles. The van der Waals surface area contributed by atoms with Crippen LogP contribution in [-0.2, 0) is 0 Å². The lowest BCUT2D eigenvalue weighted by Crippen LogP contribution is -2.45. The molecule has 0 bridgehead atoms. The van der Waals surface area contributed by atoms with Crippen LogP contribution in [0.2, 0.25) is 0 Å². The van der Waals surface area contributed by atoms with E-state index in [0.29, 0.717) is 6.61 Å². The second-order valence-electron chi connectivity index (χ2n) is 6.27. The summed E-state index contributed by atoms with van der Waals surface area (Å²) in [4.78, 5) is 2.48. The van der Waals surface area contributed by atoms with Gasteiger partial charge in [-0.15, -0.1) is 0 Å². The summed E-state index contributed by atoms with van der Waals surface area (Å²) >= 11 is 0. The van der Waals surface area contributed by atoms with E-state index in [1.807, 2.05) is 31.2 Å². The largest absolute Gasteiger partial charge is 0.497 e. The predicted molar refractivity (Wildman–Crippen MR) is 103 cm³/mol. The highest BCUT2D eigenvalue weighted by atomic mass is 16.5. The SMILES string of the molecule is CCOc1ccccc1C(c1ccc(OC)cc1OC)N1CCNCC1. The molecule has 1 atom stereocenters. The van der Waals surface area contributed by atoms with Crippen LogP contribution in [-0.4, -0.2) is 51.9 Å². The van der Waals surface area contributed by atoms with Crippen molar-refractivity contribution in [1.82, 2.24) is 10.2 Å². The summed E-state index contributed by atoms with van der Waals surface area (Å²) in [6.45, 7) is 6.56. The van der Waals surface area contributed by atoms with Gasteiger partial charge in [-0.25, -0.2) is 0 Å². The molecule has 1 N–H and O–H groups in total. The van der Waals surface area contributed by atoms with E-state index >= 15 is 0 Å². The molecule has 3 rings (SSSR count). The van der Waals surface area contributed by atoms with Crippen LogP contribution >= 0.6 is 0 Å². The van der Waals surface area contributed by atoms with Crippen LogP contribution in [0.1, 0.15) is 24.1 Å². The number of ether oxygens (including phenoxy) is 3. The summed E-state index contributed by atoms with van der Waals surface area (Å²) in [7, 11) is 3.38. The Hall–Kier alpha value is -2.24. The van der Waals surface area contributed by atoms with Gasteiger partial charge in [0.05, 0.1) is 26.9 Å². The number of para-hydroxylation sites is 1. The van der Waals surface area contributed by atoms with Gasteiger partial charge in [0.15, 0.2) is 0 Å². The molecule has 0 saturated carbocycles. The molecule has 1 heterocycles. The maximum absolute atomic E-state index is 5.94. The molecule has 1 fully saturated rings. The van der Waals surface area contributed by atoms with E-state index in [0.717, 1.165) is 49.0 Å². The van der Waals surface area contributed by atoms with Gasteiger partial charge in [-0.3, -0.25) is 4.90 Å². The molecule has 0 amide bonds. The molecular formula is C21H28N2O3. The van der Waals surface area contributed by atoms with Crippen molar-refractivity contribution in [3.8, 4) is 17.2 Å². The zero-order valence-corrected chi connectivity index (χ0v) is 15.8. The first-order valence-electron chi connectivity index (χ1n) is 9.17. The van der Waals surface area contributed by atoms with Crippen molar-refractivity contribution in [1.29, 1.82) is 0 Å². The highest BCUT2D eigenvalue weighted by molar-refractivity contribution is 5.49. The van der Waals surface area contributed by atoms with E-state index in [-0.39, 0.29) is 6.04 Å². The first-order chi connectivity index (χ1) is 12.8. The zero-order valence-electron chi connectivity index (χ0n) is 15.8. The van der Waals surface area contributed by atoms with Gasteiger partial charge < -0.3 is 19.5 Å². The fraction of sp³-hybridized carbons (Fsp3) is 0.429. The molecule has 140 valence electrons. The quantitative estimate of drug-likeness (QED) is 0.826. The normalized spacial score (nSPS) is 16.1. The van der Waals surface area contributed by atoms with Gasteiger partial charge in [0.1, 0.15) is 17.2 Å².